The van der Waals surface area contributed by atoms with Gasteiger partial charge in [0.05, 0.1) is 12.7 Å². The van der Waals surface area contributed by atoms with E-state index in [2.05, 4.69) is 9.97 Å². The second kappa shape index (κ2) is 7.53. The summed E-state index contributed by atoms with van der Waals surface area (Å²) in [4.78, 5) is 13.0. The largest absolute Gasteiger partial charge is 0.494 e. The number of fused-ring (bicyclic) bond motifs is 1. The zero-order valence-electron chi connectivity index (χ0n) is 17.1. The molecule has 1 unspecified atom stereocenters. The van der Waals surface area contributed by atoms with Crippen molar-refractivity contribution in [3.05, 3.63) is 113 Å². The van der Waals surface area contributed by atoms with Crippen LogP contribution in [0.15, 0.2) is 84.4 Å². The lowest BCUT2D eigenvalue weighted by molar-refractivity contribution is 0.385. The van der Waals surface area contributed by atoms with Gasteiger partial charge in [0.25, 0.3) is 0 Å². The van der Waals surface area contributed by atoms with Gasteiger partial charge in [-0.05, 0) is 41.0 Å². The summed E-state index contributed by atoms with van der Waals surface area (Å²) in [6.07, 6.45) is 4.87. The molecule has 0 radical (unpaired) electrons. The van der Waals surface area contributed by atoms with Gasteiger partial charge in [-0.15, -0.1) is 0 Å². The molecule has 1 aliphatic heterocycles. The molecule has 3 aromatic carbocycles. The minimum Gasteiger partial charge on any atom is -0.494 e. The summed E-state index contributed by atoms with van der Waals surface area (Å²) in [6, 6.07) is 16.9. The van der Waals surface area contributed by atoms with Gasteiger partial charge in [0, 0.05) is 23.5 Å². The molecular weight excluding hydrogens is 410 g/mol. The Kier molecular flexibility index (Phi) is 4.66. The number of benzene rings is 3. The van der Waals surface area contributed by atoms with Crippen LogP contribution >= 0.6 is 0 Å². The quantitative estimate of drug-likeness (QED) is 0.522. The maximum Gasteiger partial charge on any atom is 0.165 e. The zero-order valence-corrected chi connectivity index (χ0v) is 17.1. The van der Waals surface area contributed by atoms with Crippen LogP contribution in [-0.2, 0) is 5.54 Å². The van der Waals surface area contributed by atoms with Crippen LogP contribution in [-0.4, -0.2) is 22.9 Å². The smallest absolute Gasteiger partial charge is 0.165 e. The first-order valence-electron chi connectivity index (χ1n) is 9.89. The van der Waals surface area contributed by atoms with Gasteiger partial charge >= 0.3 is 0 Å². The fourth-order valence-corrected chi connectivity index (χ4v) is 4.25. The standard InChI is InChI=1S/C25H18F2N4O/c1-32-22-11-18(8-9-20(22)26)25(19-6-3-7-21(27)23(19)24(28)31-25)17-5-2-4-15(10-17)16-12-29-14-30-13-16/h2-14H,1H3,(H2,28,31). The zero-order chi connectivity index (χ0) is 22.3. The molecule has 1 aromatic heterocycles. The van der Waals surface area contributed by atoms with Crippen LogP contribution in [0.1, 0.15) is 22.3 Å². The summed E-state index contributed by atoms with van der Waals surface area (Å²) in [7, 11) is 1.39. The Morgan fingerprint density at radius 1 is 0.844 bits per heavy atom. The van der Waals surface area contributed by atoms with Crippen LogP contribution in [0.2, 0.25) is 0 Å². The van der Waals surface area contributed by atoms with E-state index in [9.17, 15) is 8.78 Å². The normalized spacial score (nSPS) is 17.0. The van der Waals surface area contributed by atoms with Crippen molar-refractivity contribution in [2.45, 2.75) is 5.54 Å². The van der Waals surface area contributed by atoms with E-state index in [1.54, 1.807) is 36.7 Å². The Morgan fingerprint density at radius 2 is 1.59 bits per heavy atom. The summed E-state index contributed by atoms with van der Waals surface area (Å²) in [5.74, 6) is -0.828. The first-order valence-corrected chi connectivity index (χ1v) is 9.89. The number of aliphatic imine (C=N–C) groups is 1. The Bertz CT molecular complexity index is 1360. The average Bonchev–Trinajstić information content (AvgIpc) is 3.14. The SMILES string of the molecule is COc1cc(C2(c3cccc(-c4cncnc4)c3)N=C(N)c3c(F)cccc32)ccc1F. The van der Waals surface area contributed by atoms with Gasteiger partial charge in [-0.1, -0.05) is 36.4 Å². The monoisotopic (exact) mass is 428 g/mol. The summed E-state index contributed by atoms with van der Waals surface area (Å²) in [5.41, 5.74) is 8.87. The fraction of sp³-hybridized carbons (Fsp3) is 0.0800. The van der Waals surface area contributed by atoms with Gasteiger partial charge in [-0.2, -0.15) is 0 Å². The summed E-state index contributed by atoms with van der Waals surface area (Å²) in [6.45, 7) is 0. The van der Waals surface area contributed by atoms with Gasteiger partial charge in [0.15, 0.2) is 11.6 Å². The average molecular weight is 428 g/mol. The Hall–Kier alpha value is -4.13. The van der Waals surface area contributed by atoms with E-state index >= 15 is 0 Å². The van der Waals surface area contributed by atoms with E-state index in [4.69, 9.17) is 15.5 Å². The van der Waals surface area contributed by atoms with Crippen LogP contribution in [0.3, 0.4) is 0 Å². The van der Waals surface area contributed by atoms with Crippen LogP contribution in [0.5, 0.6) is 5.75 Å². The van der Waals surface area contributed by atoms with Gasteiger partial charge in [-0.3, -0.25) is 0 Å². The number of nitrogens with zero attached hydrogens (tertiary/aromatic N) is 3. The first-order chi connectivity index (χ1) is 15.5. The van der Waals surface area contributed by atoms with Crippen molar-refractivity contribution in [1.82, 2.24) is 9.97 Å². The molecule has 0 bridgehead atoms. The number of ether oxygens (including phenoxy) is 1. The molecule has 0 spiro atoms. The topological polar surface area (TPSA) is 73.4 Å². The number of hydrogen-bond acceptors (Lipinski definition) is 5. The molecule has 0 saturated carbocycles. The maximum atomic E-state index is 14.8. The third-order valence-corrected chi connectivity index (χ3v) is 5.69. The van der Waals surface area contributed by atoms with E-state index in [0.29, 0.717) is 11.1 Å². The number of hydrogen-bond donors (Lipinski definition) is 1. The molecule has 0 fully saturated rings. The lowest BCUT2D eigenvalue weighted by Crippen LogP contribution is -2.25. The molecule has 158 valence electrons. The van der Waals surface area contributed by atoms with Crippen molar-refractivity contribution < 1.29 is 13.5 Å². The molecule has 0 aliphatic carbocycles. The van der Waals surface area contributed by atoms with E-state index in [0.717, 1.165) is 16.7 Å². The highest BCUT2D eigenvalue weighted by molar-refractivity contribution is 6.03. The van der Waals surface area contributed by atoms with Gasteiger partial charge < -0.3 is 10.5 Å². The van der Waals surface area contributed by atoms with Crippen molar-refractivity contribution in [1.29, 1.82) is 0 Å². The van der Waals surface area contributed by atoms with Crippen LogP contribution < -0.4 is 10.5 Å². The molecule has 0 amide bonds. The Labute approximate surface area is 183 Å². The third-order valence-electron chi connectivity index (χ3n) is 5.69. The molecule has 5 rings (SSSR count). The van der Waals surface area contributed by atoms with Gasteiger partial charge in [0.2, 0.25) is 0 Å². The molecule has 2 heterocycles. The summed E-state index contributed by atoms with van der Waals surface area (Å²) >= 11 is 0. The fourth-order valence-electron chi connectivity index (χ4n) is 4.25. The van der Waals surface area contributed by atoms with Gasteiger partial charge in [0.1, 0.15) is 23.5 Å². The lowest BCUT2D eigenvalue weighted by atomic mass is 9.77. The molecule has 4 aromatic rings. The molecule has 2 N–H and O–H groups in total. The van der Waals surface area contributed by atoms with E-state index in [-0.39, 0.29) is 17.1 Å². The molecule has 1 atom stereocenters. The van der Waals surface area contributed by atoms with Crippen molar-refractivity contribution in [2.24, 2.45) is 10.7 Å². The number of amidine groups is 1. The van der Waals surface area contributed by atoms with E-state index < -0.39 is 17.2 Å². The van der Waals surface area contributed by atoms with Crippen LogP contribution in [0.4, 0.5) is 8.78 Å². The Morgan fingerprint density at radius 3 is 2.38 bits per heavy atom. The number of rotatable bonds is 4. The van der Waals surface area contributed by atoms with Gasteiger partial charge in [-0.25, -0.2) is 23.7 Å². The molecule has 1 aliphatic rings. The summed E-state index contributed by atoms with van der Waals surface area (Å²) in [5, 5.41) is 0. The van der Waals surface area contributed by atoms with E-state index in [1.807, 2.05) is 24.3 Å². The third kappa shape index (κ3) is 2.93. The molecule has 5 nitrogen and oxygen atoms in total. The number of methoxy groups -OCH3 is 1. The molecule has 0 saturated heterocycles. The van der Waals surface area contributed by atoms with Crippen molar-refractivity contribution in [3.8, 4) is 16.9 Å². The predicted octanol–water partition coefficient (Wildman–Crippen LogP) is 4.44. The highest BCUT2D eigenvalue weighted by atomic mass is 19.1. The predicted molar refractivity (Wildman–Crippen MR) is 117 cm³/mol. The van der Waals surface area contributed by atoms with Crippen molar-refractivity contribution in [2.75, 3.05) is 7.11 Å². The van der Waals surface area contributed by atoms with E-state index in [1.165, 1.54) is 25.6 Å². The van der Waals surface area contributed by atoms with Crippen LogP contribution in [0, 0.1) is 11.6 Å². The molecular formula is C25H18F2N4O. The van der Waals surface area contributed by atoms with Crippen LogP contribution in [0.25, 0.3) is 11.1 Å². The number of aromatic nitrogens is 2. The highest BCUT2D eigenvalue weighted by Crippen LogP contribution is 2.47. The lowest BCUT2D eigenvalue weighted by Gasteiger charge is -2.30. The first kappa shape index (κ1) is 19.8. The number of halogens is 2. The van der Waals surface area contributed by atoms with Crippen molar-refractivity contribution in [3.63, 3.8) is 0 Å². The second-order valence-corrected chi connectivity index (χ2v) is 7.43. The maximum absolute atomic E-state index is 14.8. The number of nitrogens with two attached hydrogens (primary N) is 1. The Balaban J connectivity index is 1.82. The molecule has 32 heavy (non-hydrogen) atoms. The molecule has 7 heteroatoms. The summed E-state index contributed by atoms with van der Waals surface area (Å²) < 4.78 is 34.3. The minimum atomic E-state index is -1.19. The second-order valence-electron chi connectivity index (χ2n) is 7.43. The highest BCUT2D eigenvalue weighted by Gasteiger charge is 2.44. The minimum absolute atomic E-state index is 0.0631. The van der Waals surface area contributed by atoms with Crippen molar-refractivity contribution >= 4 is 5.84 Å².